The number of nitrogens with one attached hydrogen (secondary N) is 2. The highest BCUT2D eigenvalue weighted by atomic mass is 16.5. The van der Waals surface area contributed by atoms with Gasteiger partial charge < -0.3 is 20.5 Å². The number of rotatable bonds is 10. The lowest BCUT2D eigenvalue weighted by Gasteiger charge is -2.17. The van der Waals surface area contributed by atoms with E-state index >= 15 is 0 Å². The third-order valence-electron chi connectivity index (χ3n) is 3.75. The van der Waals surface area contributed by atoms with Crippen molar-refractivity contribution in [3.63, 3.8) is 0 Å². The van der Waals surface area contributed by atoms with Crippen molar-refractivity contribution in [1.82, 2.24) is 10.6 Å². The summed E-state index contributed by atoms with van der Waals surface area (Å²) in [6.45, 7) is 13.4. The lowest BCUT2D eigenvalue weighted by Crippen LogP contribution is -2.39. The third-order valence-corrected chi connectivity index (χ3v) is 3.75. The maximum Gasteiger partial charge on any atom is 0.191 e. The number of hydrogen-bond donors (Lipinski definition) is 3. The van der Waals surface area contributed by atoms with Crippen LogP contribution < -0.4 is 10.6 Å². The molecule has 2 atom stereocenters. The van der Waals surface area contributed by atoms with Gasteiger partial charge in [-0.3, -0.25) is 4.99 Å². The van der Waals surface area contributed by atoms with Gasteiger partial charge in [0.25, 0.3) is 0 Å². The van der Waals surface area contributed by atoms with Crippen LogP contribution in [0.15, 0.2) is 29.3 Å². The van der Waals surface area contributed by atoms with Crippen LogP contribution in [0.5, 0.6) is 0 Å². The van der Waals surface area contributed by atoms with Crippen LogP contribution in [0.2, 0.25) is 0 Å². The lowest BCUT2D eigenvalue weighted by molar-refractivity contribution is 0.0301. The van der Waals surface area contributed by atoms with Crippen LogP contribution >= 0.6 is 0 Å². The van der Waals surface area contributed by atoms with Crippen molar-refractivity contribution in [1.29, 1.82) is 0 Å². The van der Waals surface area contributed by atoms with Gasteiger partial charge in [-0.25, -0.2) is 0 Å². The first-order valence-electron chi connectivity index (χ1n) is 9.26. The smallest absolute Gasteiger partial charge is 0.191 e. The first kappa shape index (κ1) is 21.5. The normalized spacial score (nSPS) is 14.4. The summed E-state index contributed by atoms with van der Waals surface area (Å²) in [5, 5.41) is 16.5. The van der Waals surface area contributed by atoms with Gasteiger partial charge in [-0.05, 0) is 31.2 Å². The van der Waals surface area contributed by atoms with Crippen molar-refractivity contribution in [2.45, 2.75) is 46.6 Å². The molecule has 5 heteroatoms. The molecular weight excluding hydrogens is 314 g/mol. The minimum absolute atomic E-state index is 0.320. The summed E-state index contributed by atoms with van der Waals surface area (Å²) in [6, 6.07) is 8.57. The molecule has 0 saturated heterocycles. The van der Waals surface area contributed by atoms with Gasteiger partial charge in [0, 0.05) is 19.7 Å². The number of ether oxygens (including phenoxy) is 1. The van der Waals surface area contributed by atoms with Crippen molar-refractivity contribution in [3.05, 3.63) is 35.4 Å². The summed E-state index contributed by atoms with van der Waals surface area (Å²) in [7, 11) is 0. The van der Waals surface area contributed by atoms with Gasteiger partial charge in [0.2, 0.25) is 0 Å². The van der Waals surface area contributed by atoms with Gasteiger partial charge in [-0.15, -0.1) is 0 Å². The van der Waals surface area contributed by atoms with Gasteiger partial charge in [0.15, 0.2) is 5.96 Å². The molecule has 0 bridgehead atoms. The number of aliphatic hydroxyl groups excluding tert-OH is 1. The standard InChI is InChI=1S/C20H35N3O2/c1-6-21-20(23-12-19(24)14-25-13-15(2)3)22-11-17(5)18-9-7-8-16(4)10-18/h7-10,15,17,19,24H,6,11-14H2,1-5H3,(H2,21,22,23). The molecule has 0 amide bonds. The predicted molar refractivity (Wildman–Crippen MR) is 105 cm³/mol. The molecule has 5 nitrogen and oxygen atoms in total. The molecule has 142 valence electrons. The highest BCUT2D eigenvalue weighted by Gasteiger charge is 2.08. The number of nitrogens with zero attached hydrogens (tertiary/aromatic N) is 1. The molecule has 0 aliphatic heterocycles. The van der Waals surface area contributed by atoms with E-state index < -0.39 is 6.10 Å². The van der Waals surface area contributed by atoms with E-state index in [1.54, 1.807) is 0 Å². The molecule has 0 fully saturated rings. The van der Waals surface area contributed by atoms with Gasteiger partial charge >= 0.3 is 0 Å². The Kier molecular flexibility index (Phi) is 10.2. The Morgan fingerprint density at radius 2 is 1.96 bits per heavy atom. The fourth-order valence-corrected chi connectivity index (χ4v) is 2.38. The van der Waals surface area contributed by atoms with E-state index in [-0.39, 0.29) is 0 Å². The van der Waals surface area contributed by atoms with Crippen LogP contribution in [0.1, 0.15) is 44.7 Å². The van der Waals surface area contributed by atoms with E-state index in [1.807, 2.05) is 6.92 Å². The molecule has 0 spiro atoms. The summed E-state index contributed by atoms with van der Waals surface area (Å²) in [5.74, 6) is 1.57. The molecule has 2 unspecified atom stereocenters. The van der Waals surface area contributed by atoms with Crippen molar-refractivity contribution in [2.24, 2.45) is 10.9 Å². The Bertz CT molecular complexity index is 517. The Morgan fingerprint density at radius 3 is 2.60 bits per heavy atom. The van der Waals surface area contributed by atoms with Crippen LogP contribution in [-0.4, -0.2) is 50.0 Å². The van der Waals surface area contributed by atoms with Gasteiger partial charge in [0.1, 0.15) is 0 Å². The molecule has 1 rings (SSSR count). The molecule has 1 aromatic rings. The van der Waals surface area contributed by atoms with E-state index in [9.17, 15) is 5.11 Å². The van der Waals surface area contributed by atoms with Crippen LogP contribution in [0, 0.1) is 12.8 Å². The van der Waals surface area contributed by atoms with Crippen molar-refractivity contribution >= 4 is 5.96 Å². The molecule has 1 aromatic carbocycles. The number of benzene rings is 1. The fourth-order valence-electron chi connectivity index (χ4n) is 2.38. The minimum Gasteiger partial charge on any atom is -0.389 e. The average molecular weight is 350 g/mol. The maximum absolute atomic E-state index is 9.98. The summed E-state index contributed by atoms with van der Waals surface area (Å²) in [6.07, 6.45) is -0.580. The molecule has 3 N–H and O–H groups in total. The first-order valence-corrected chi connectivity index (χ1v) is 9.26. The van der Waals surface area contributed by atoms with Gasteiger partial charge in [-0.2, -0.15) is 0 Å². The monoisotopic (exact) mass is 349 g/mol. The van der Waals surface area contributed by atoms with Crippen LogP contribution in [0.25, 0.3) is 0 Å². The Morgan fingerprint density at radius 1 is 1.20 bits per heavy atom. The summed E-state index contributed by atoms with van der Waals surface area (Å²) < 4.78 is 5.46. The molecule has 25 heavy (non-hydrogen) atoms. The second kappa shape index (κ2) is 11.9. The molecule has 0 aliphatic rings. The average Bonchev–Trinajstić information content (AvgIpc) is 2.56. The maximum atomic E-state index is 9.98. The molecule has 0 heterocycles. The highest BCUT2D eigenvalue weighted by Crippen LogP contribution is 2.15. The van der Waals surface area contributed by atoms with Gasteiger partial charge in [-0.1, -0.05) is 50.6 Å². The molecule has 0 aliphatic carbocycles. The summed E-state index contributed by atoms with van der Waals surface area (Å²) in [4.78, 5) is 4.46. The SMILES string of the molecule is CCNC(=NCC(O)COCC(C)C)NCC(C)c1cccc(C)c1. The lowest BCUT2D eigenvalue weighted by atomic mass is 9.99. The minimum atomic E-state index is -0.580. The predicted octanol–water partition coefficient (Wildman–Crippen LogP) is 2.69. The zero-order valence-electron chi connectivity index (χ0n) is 16.4. The second-order valence-corrected chi connectivity index (χ2v) is 7.00. The number of aryl methyl sites for hydroxylation is 1. The topological polar surface area (TPSA) is 65.9 Å². The largest absolute Gasteiger partial charge is 0.389 e. The highest BCUT2D eigenvalue weighted by molar-refractivity contribution is 5.79. The summed E-state index contributed by atoms with van der Waals surface area (Å²) in [5.41, 5.74) is 2.58. The molecule has 0 saturated carbocycles. The zero-order valence-corrected chi connectivity index (χ0v) is 16.4. The van der Waals surface area contributed by atoms with Crippen LogP contribution in [-0.2, 0) is 4.74 Å². The zero-order chi connectivity index (χ0) is 18.7. The number of aliphatic hydroxyl groups is 1. The second-order valence-electron chi connectivity index (χ2n) is 7.00. The number of guanidine groups is 1. The van der Waals surface area contributed by atoms with Crippen molar-refractivity contribution in [2.75, 3.05) is 32.8 Å². The Hall–Kier alpha value is -1.59. The molecular formula is C20H35N3O2. The quantitative estimate of drug-likeness (QED) is 0.449. The molecule has 0 radical (unpaired) electrons. The van der Waals surface area contributed by atoms with Crippen molar-refractivity contribution in [3.8, 4) is 0 Å². The van der Waals surface area contributed by atoms with E-state index in [4.69, 9.17) is 4.74 Å². The Balaban J connectivity index is 2.46. The van der Waals surface area contributed by atoms with Crippen LogP contribution in [0.4, 0.5) is 0 Å². The number of hydrogen-bond acceptors (Lipinski definition) is 3. The summed E-state index contributed by atoms with van der Waals surface area (Å²) >= 11 is 0. The van der Waals surface area contributed by atoms with E-state index in [1.165, 1.54) is 11.1 Å². The van der Waals surface area contributed by atoms with Gasteiger partial charge in [0.05, 0.1) is 19.3 Å². The van der Waals surface area contributed by atoms with Crippen LogP contribution in [0.3, 0.4) is 0 Å². The third kappa shape index (κ3) is 9.46. The number of aliphatic imine (C=N–C) groups is 1. The van der Waals surface area contributed by atoms with Crippen molar-refractivity contribution < 1.29 is 9.84 Å². The van der Waals surface area contributed by atoms with E-state index in [0.717, 1.165) is 19.0 Å². The Labute approximate surface area is 152 Å². The molecule has 0 aromatic heterocycles. The van der Waals surface area contributed by atoms with E-state index in [2.05, 4.69) is 67.6 Å². The fraction of sp³-hybridized carbons (Fsp3) is 0.650. The van der Waals surface area contributed by atoms with E-state index in [0.29, 0.717) is 31.6 Å². The first-order chi connectivity index (χ1) is 11.9.